The van der Waals surface area contributed by atoms with Crippen LogP contribution in [0.4, 0.5) is 0 Å². The molecule has 0 saturated heterocycles. The normalized spacial score (nSPS) is 69.5. The molecule has 4 rings (SSSR count). The van der Waals surface area contributed by atoms with E-state index in [2.05, 4.69) is 20.8 Å². The third-order valence-corrected chi connectivity index (χ3v) is 5.13. The Hall–Kier alpha value is 0.597. The van der Waals surface area contributed by atoms with E-state index in [0.29, 0.717) is 10.8 Å². The maximum Gasteiger partial charge on any atom is 1.00 e. The standard InChI is InChI=1S/C10H15.Li/c1-9(2)6-4-7-8(5-6)10(7,9)3;/h6-8H,1,4-5H2,2-3H3;/q-1;+1. The van der Waals surface area contributed by atoms with Crippen molar-refractivity contribution in [1.29, 1.82) is 0 Å². The van der Waals surface area contributed by atoms with Gasteiger partial charge in [0, 0.05) is 0 Å². The molecule has 0 N–H and O–H groups in total. The van der Waals surface area contributed by atoms with Gasteiger partial charge in [-0.05, 0) is 30.1 Å². The summed E-state index contributed by atoms with van der Waals surface area (Å²) in [5.74, 6) is 3.15. The molecule has 0 radical (unpaired) electrons. The number of hydrogen-bond donors (Lipinski definition) is 0. The van der Waals surface area contributed by atoms with Crippen molar-refractivity contribution >= 4 is 0 Å². The molecule has 0 amide bonds. The van der Waals surface area contributed by atoms with E-state index >= 15 is 0 Å². The molecule has 4 bridgehead atoms. The molecule has 0 heterocycles. The Bertz CT molecular complexity index is 192. The zero-order chi connectivity index (χ0) is 7.15. The van der Waals surface area contributed by atoms with Crippen molar-refractivity contribution in [2.75, 3.05) is 0 Å². The van der Waals surface area contributed by atoms with Gasteiger partial charge in [-0.3, -0.25) is 0 Å². The predicted octanol–water partition coefficient (Wildman–Crippen LogP) is -0.493. The number of hydrogen-bond acceptors (Lipinski definition) is 0. The monoisotopic (exact) mass is 142 g/mol. The van der Waals surface area contributed by atoms with E-state index < -0.39 is 0 Å². The molecule has 56 valence electrons. The van der Waals surface area contributed by atoms with Gasteiger partial charge in [-0.1, -0.05) is 19.8 Å². The average molecular weight is 142 g/mol. The van der Waals surface area contributed by atoms with Gasteiger partial charge in [0.1, 0.15) is 0 Å². The Labute approximate surface area is 81.3 Å². The molecule has 0 aromatic carbocycles. The smallest absolute Gasteiger partial charge is 0.337 e. The molecule has 3 atom stereocenters. The molecule has 4 saturated carbocycles. The molecule has 0 aromatic rings. The van der Waals surface area contributed by atoms with Crippen molar-refractivity contribution in [2.24, 2.45) is 28.6 Å². The first-order chi connectivity index (χ1) is 4.58. The summed E-state index contributed by atoms with van der Waals surface area (Å²) in [6, 6.07) is 0. The minimum absolute atomic E-state index is 0. The van der Waals surface area contributed by atoms with Crippen molar-refractivity contribution in [3.63, 3.8) is 0 Å². The second kappa shape index (κ2) is 1.75. The van der Waals surface area contributed by atoms with E-state index in [1.807, 2.05) is 0 Å². The van der Waals surface area contributed by atoms with E-state index in [-0.39, 0.29) is 18.9 Å². The van der Waals surface area contributed by atoms with Crippen LogP contribution >= 0.6 is 0 Å². The quantitative estimate of drug-likeness (QED) is 0.316. The zero-order valence-corrected chi connectivity index (χ0v) is 7.85. The fourth-order valence-corrected chi connectivity index (χ4v) is 4.03. The largest absolute Gasteiger partial charge is 1.00 e. The number of rotatable bonds is 0. The van der Waals surface area contributed by atoms with Crippen molar-refractivity contribution in [1.82, 2.24) is 0 Å². The van der Waals surface area contributed by atoms with Gasteiger partial charge < -0.3 is 6.92 Å². The molecule has 0 spiro atoms. The fraction of sp³-hybridized carbons (Fsp3) is 0.900. The van der Waals surface area contributed by atoms with Gasteiger partial charge in [0.2, 0.25) is 0 Å². The van der Waals surface area contributed by atoms with Crippen LogP contribution in [0.5, 0.6) is 0 Å². The van der Waals surface area contributed by atoms with Crippen LogP contribution in [-0.2, 0) is 0 Å². The summed E-state index contributed by atoms with van der Waals surface area (Å²) in [7, 11) is 0. The second-order valence-corrected chi connectivity index (χ2v) is 5.08. The third kappa shape index (κ3) is 0.554. The van der Waals surface area contributed by atoms with Crippen LogP contribution in [0.15, 0.2) is 0 Å². The van der Waals surface area contributed by atoms with Gasteiger partial charge >= 0.3 is 18.9 Å². The first-order valence-corrected chi connectivity index (χ1v) is 4.44. The molecule has 4 fully saturated rings. The van der Waals surface area contributed by atoms with Crippen LogP contribution in [0.1, 0.15) is 26.7 Å². The van der Waals surface area contributed by atoms with E-state index in [4.69, 9.17) is 0 Å². The summed E-state index contributed by atoms with van der Waals surface area (Å²) in [4.78, 5) is 0. The summed E-state index contributed by atoms with van der Waals surface area (Å²) in [5, 5.41) is 0. The van der Waals surface area contributed by atoms with Crippen LogP contribution in [0.3, 0.4) is 0 Å². The van der Waals surface area contributed by atoms with Crippen LogP contribution in [0.2, 0.25) is 0 Å². The van der Waals surface area contributed by atoms with Gasteiger partial charge in [0.15, 0.2) is 0 Å². The zero-order valence-electron chi connectivity index (χ0n) is 7.85. The molecule has 3 unspecified atom stereocenters. The first-order valence-electron chi connectivity index (χ1n) is 4.44. The minimum atomic E-state index is 0. The summed E-state index contributed by atoms with van der Waals surface area (Å²) >= 11 is 0. The third-order valence-electron chi connectivity index (χ3n) is 5.13. The Morgan fingerprint density at radius 1 is 1.18 bits per heavy atom. The van der Waals surface area contributed by atoms with Gasteiger partial charge in [-0.15, -0.1) is 0 Å². The first kappa shape index (κ1) is 8.21. The SMILES string of the molecule is [CH2-]C1(C)C2CC3C(C2)C31C.[Li+]. The van der Waals surface area contributed by atoms with Crippen molar-refractivity contribution in [3.8, 4) is 0 Å². The van der Waals surface area contributed by atoms with Gasteiger partial charge in [0.25, 0.3) is 0 Å². The molecule has 1 heteroatoms. The Kier molecular flexibility index (Phi) is 1.31. The van der Waals surface area contributed by atoms with Gasteiger partial charge in [0.05, 0.1) is 0 Å². The molecular formula is C10H15Li. The second-order valence-electron chi connectivity index (χ2n) is 5.08. The molecule has 4 aliphatic carbocycles. The Balaban J connectivity index is 0.000000480. The average Bonchev–Trinajstić information content (AvgIpc) is 2.30. The van der Waals surface area contributed by atoms with Gasteiger partial charge in [-0.25, -0.2) is 0 Å². The van der Waals surface area contributed by atoms with Crippen molar-refractivity contribution in [3.05, 3.63) is 6.92 Å². The maximum absolute atomic E-state index is 4.39. The summed E-state index contributed by atoms with van der Waals surface area (Å²) < 4.78 is 0. The summed E-state index contributed by atoms with van der Waals surface area (Å²) in [5.41, 5.74) is 1.12. The van der Waals surface area contributed by atoms with E-state index in [1.165, 1.54) is 12.8 Å². The predicted molar refractivity (Wildman–Crippen MR) is 41.3 cm³/mol. The molecule has 0 nitrogen and oxygen atoms in total. The van der Waals surface area contributed by atoms with Crippen LogP contribution in [0.25, 0.3) is 0 Å². The van der Waals surface area contributed by atoms with E-state index in [0.717, 1.165) is 17.8 Å². The minimum Gasteiger partial charge on any atom is -0.337 e. The van der Waals surface area contributed by atoms with Crippen LogP contribution in [0, 0.1) is 35.5 Å². The van der Waals surface area contributed by atoms with Gasteiger partial charge in [-0.2, -0.15) is 5.41 Å². The Morgan fingerprint density at radius 2 is 1.64 bits per heavy atom. The fourth-order valence-electron chi connectivity index (χ4n) is 4.03. The van der Waals surface area contributed by atoms with Crippen LogP contribution < -0.4 is 18.9 Å². The topological polar surface area (TPSA) is 0 Å². The van der Waals surface area contributed by atoms with E-state index in [1.54, 1.807) is 0 Å². The van der Waals surface area contributed by atoms with Crippen molar-refractivity contribution in [2.45, 2.75) is 26.7 Å². The summed E-state index contributed by atoms with van der Waals surface area (Å²) in [6.45, 7) is 9.23. The Morgan fingerprint density at radius 3 is 1.73 bits per heavy atom. The van der Waals surface area contributed by atoms with E-state index in [9.17, 15) is 0 Å². The maximum atomic E-state index is 4.39. The molecule has 0 aromatic heterocycles. The molecule has 0 aliphatic heterocycles. The summed E-state index contributed by atoms with van der Waals surface area (Å²) in [6.07, 6.45) is 3.00. The molecular weight excluding hydrogens is 127 g/mol. The van der Waals surface area contributed by atoms with Crippen LogP contribution in [-0.4, -0.2) is 0 Å². The van der Waals surface area contributed by atoms with Crippen molar-refractivity contribution < 1.29 is 18.9 Å². The molecule has 4 aliphatic rings. The molecule has 11 heavy (non-hydrogen) atoms.